The molecular weight excluding hydrogens is 348 g/mol. The van der Waals surface area contributed by atoms with Crippen LogP contribution in [0.15, 0.2) is 60.8 Å². The first-order valence-electron chi connectivity index (χ1n) is 9.27. The van der Waals surface area contributed by atoms with Gasteiger partial charge in [-0.05, 0) is 50.1 Å². The molecule has 0 bridgehead atoms. The Bertz CT molecular complexity index is 1140. The van der Waals surface area contributed by atoms with Gasteiger partial charge in [0.15, 0.2) is 5.65 Å². The van der Waals surface area contributed by atoms with E-state index in [4.69, 9.17) is 0 Å². The molecule has 140 valence electrons. The Morgan fingerprint density at radius 2 is 1.57 bits per heavy atom. The van der Waals surface area contributed by atoms with Crippen molar-refractivity contribution in [1.29, 1.82) is 0 Å². The predicted molar refractivity (Wildman–Crippen MR) is 112 cm³/mol. The van der Waals surface area contributed by atoms with Crippen LogP contribution in [0.4, 0.5) is 5.69 Å². The fourth-order valence-electron chi connectivity index (χ4n) is 3.34. The number of hydrogen-bond acceptors (Lipinski definition) is 3. The molecule has 5 heteroatoms. The summed E-state index contributed by atoms with van der Waals surface area (Å²) in [4.78, 5) is 17.0. The number of carbonyl (C=O) groups excluding carboxylic acids is 1. The molecule has 4 aromatic rings. The number of rotatable bonds is 4. The molecule has 0 aliphatic carbocycles. The lowest BCUT2D eigenvalue weighted by molar-refractivity contribution is -0.116. The zero-order valence-electron chi connectivity index (χ0n) is 16.2. The van der Waals surface area contributed by atoms with E-state index in [2.05, 4.69) is 46.6 Å². The second-order valence-corrected chi connectivity index (χ2v) is 7.08. The first kappa shape index (κ1) is 17.9. The quantitative estimate of drug-likeness (QED) is 0.568. The molecule has 2 heterocycles. The van der Waals surface area contributed by atoms with E-state index < -0.39 is 0 Å². The Morgan fingerprint density at radius 3 is 2.25 bits per heavy atom. The van der Waals surface area contributed by atoms with Gasteiger partial charge in [0.25, 0.3) is 0 Å². The normalized spacial score (nSPS) is 11.0. The van der Waals surface area contributed by atoms with E-state index in [9.17, 15) is 4.79 Å². The summed E-state index contributed by atoms with van der Waals surface area (Å²) in [6, 6.07) is 18.1. The fraction of sp³-hybridized carbons (Fsp3) is 0.174. The minimum absolute atomic E-state index is 0.114. The summed E-state index contributed by atoms with van der Waals surface area (Å²) < 4.78 is 1.67. The number of fused-ring (bicyclic) bond motifs is 1. The first-order chi connectivity index (χ1) is 13.5. The molecule has 28 heavy (non-hydrogen) atoms. The predicted octanol–water partition coefficient (Wildman–Crippen LogP) is 4.66. The molecule has 0 saturated heterocycles. The number of benzene rings is 2. The number of carbonyl (C=O) groups is 1. The topological polar surface area (TPSA) is 59.8 Å². The van der Waals surface area contributed by atoms with Gasteiger partial charge in [-0.1, -0.05) is 47.5 Å². The Labute approximate surface area is 164 Å². The van der Waals surface area contributed by atoms with E-state index in [-0.39, 0.29) is 12.5 Å². The molecule has 0 aliphatic heterocycles. The van der Waals surface area contributed by atoms with E-state index in [1.165, 1.54) is 5.56 Å². The minimum atomic E-state index is -0.129. The van der Waals surface area contributed by atoms with Gasteiger partial charge in [0.2, 0.25) is 5.91 Å². The highest BCUT2D eigenvalue weighted by Crippen LogP contribution is 2.30. The highest BCUT2D eigenvalue weighted by molar-refractivity contribution is 5.96. The summed E-state index contributed by atoms with van der Waals surface area (Å²) >= 11 is 0. The van der Waals surface area contributed by atoms with Gasteiger partial charge in [-0.3, -0.25) is 4.79 Å². The van der Waals surface area contributed by atoms with Crippen molar-refractivity contribution in [2.24, 2.45) is 0 Å². The molecule has 0 spiro atoms. The third-order valence-electron chi connectivity index (χ3n) is 4.80. The van der Waals surface area contributed by atoms with Gasteiger partial charge in [0, 0.05) is 17.3 Å². The smallest absolute Gasteiger partial charge is 0.246 e. The molecule has 0 radical (unpaired) electrons. The number of pyridine rings is 1. The molecular formula is C23H22N4O. The molecule has 2 aromatic heterocycles. The van der Waals surface area contributed by atoms with Crippen molar-refractivity contribution < 1.29 is 4.79 Å². The Balaban J connectivity index is 1.65. The summed E-state index contributed by atoms with van der Waals surface area (Å²) in [6.07, 6.45) is 1.77. The van der Waals surface area contributed by atoms with E-state index in [1.54, 1.807) is 10.9 Å². The largest absolute Gasteiger partial charge is 0.324 e. The maximum absolute atomic E-state index is 12.5. The zero-order valence-corrected chi connectivity index (χ0v) is 16.2. The van der Waals surface area contributed by atoms with Gasteiger partial charge in [-0.15, -0.1) is 0 Å². The number of nitrogens with one attached hydrogen (secondary N) is 1. The molecule has 0 fully saturated rings. The number of aryl methyl sites for hydroxylation is 3. The fourth-order valence-corrected chi connectivity index (χ4v) is 3.34. The van der Waals surface area contributed by atoms with Crippen LogP contribution in [0, 0.1) is 20.8 Å². The molecule has 1 amide bonds. The van der Waals surface area contributed by atoms with E-state index in [0.717, 1.165) is 39.1 Å². The van der Waals surface area contributed by atoms with Gasteiger partial charge >= 0.3 is 0 Å². The van der Waals surface area contributed by atoms with Crippen molar-refractivity contribution in [3.63, 3.8) is 0 Å². The summed E-state index contributed by atoms with van der Waals surface area (Å²) in [5.74, 6) is -0.129. The molecule has 0 aliphatic rings. The minimum Gasteiger partial charge on any atom is -0.324 e. The van der Waals surface area contributed by atoms with Crippen molar-refractivity contribution in [2.45, 2.75) is 27.3 Å². The average molecular weight is 370 g/mol. The third-order valence-corrected chi connectivity index (χ3v) is 4.80. The van der Waals surface area contributed by atoms with Crippen LogP contribution in [0.5, 0.6) is 0 Å². The summed E-state index contributed by atoms with van der Waals surface area (Å²) in [5.41, 5.74) is 6.92. The lowest BCUT2D eigenvalue weighted by Gasteiger charge is -2.07. The van der Waals surface area contributed by atoms with Gasteiger partial charge in [0.05, 0.1) is 5.69 Å². The summed E-state index contributed by atoms with van der Waals surface area (Å²) in [6.45, 7) is 6.15. The third kappa shape index (κ3) is 3.51. The Hall–Kier alpha value is -3.47. The molecule has 2 aromatic carbocycles. The van der Waals surface area contributed by atoms with Gasteiger partial charge in [-0.2, -0.15) is 5.10 Å². The number of amides is 1. The second kappa shape index (κ2) is 7.27. The second-order valence-electron chi connectivity index (χ2n) is 7.08. The van der Waals surface area contributed by atoms with Crippen LogP contribution in [-0.4, -0.2) is 20.7 Å². The van der Waals surface area contributed by atoms with Crippen LogP contribution in [-0.2, 0) is 11.3 Å². The standard InChI is InChI=1S/C23H22N4O/c1-15-4-8-18(9-5-15)20-12-13-24-23-22(20)17(3)26-27(23)14-21(28)25-19-10-6-16(2)7-11-19/h4-13H,14H2,1-3H3,(H,25,28). The van der Waals surface area contributed by atoms with Crippen molar-refractivity contribution in [2.75, 3.05) is 5.32 Å². The number of nitrogens with zero attached hydrogens (tertiary/aromatic N) is 3. The zero-order chi connectivity index (χ0) is 19.7. The Morgan fingerprint density at radius 1 is 0.929 bits per heavy atom. The maximum Gasteiger partial charge on any atom is 0.246 e. The first-order valence-corrected chi connectivity index (χ1v) is 9.27. The monoisotopic (exact) mass is 370 g/mol. The van der Waals surface area contributed by atoms with Crippen molar-refractivity contribution in [3.05, 3.63) is 77.6 Å². The summed E-state index contributed by atoms with van der Waals surface area (Å²) in [5, 5.41) is 8.48. The molecule has 0 unspecified atom stereocenters. The molecule has 4 rings (SSSR count). The molecule has 5 nitrogen and oxygen atoms in total. The van der Waals surface area contributed by atoms with Crippen molar-refractivity contribution in [1.82, 2.24) is 14.8 Å². The molecule has 0 atom stereocenters. The summed E-state index contributed by atoms with van der Waals surface area (Å²) in [7, 11) is 0. The lowest BCUT2D eigenvalue weighted by Crippen LogP contribution is -2.19. The maximum atomic E-state index is 12.5. The highest BCUT2D eigenvalue weighted by atomic mass is 16.2. The van der Waals surface area contributed by atoms with E-state index in [0.29, 0.717) is 0 Å². The lowest BCUT2D eigenvalue weighted by atomic mass is 10.0. The van der Waals surface area contributed by atoms with Crippen LogP contribution in [0.2, 0.25) is 0 Å². The number of aromatic nitrogens is 3. The van der Waals surface area contributed by atoms with Crippen LogP contribution in [0.3, 0.4) is 0 Å². The average Bonchev–Trinajstić information content (AvgIpc) is 3.00. The van der Waals surface area contributed by atoms with E-state index in [1.807, 2.05) is 44.2 Å². The number of anilines is 1. The van der Waals surface area contributed by atoms with Crippen molar-refractivity contribution in [3.8, 4) is 11.1 Å². The molecule has 1 N–H and O–H groups in total. The van der Waals surface area contributed by atoms with Crippen LogP contribution < -0.4 is 5.32 Å². The molecule has 0 saturated carbocycles. The van der Waals surface area contributed by atoms with Crippen LogP contribution in [0.1, 0.15) is 16.8 Å². The van der Waals surface area contributed by atoms with Crippen molar-refractivity contribution >= 4 is 22.6 Å². The van der Waals surface area contributed by atoms with Gasteiger partial charge < -0.3 is 5.32 Å². The van der Waals surface area contributed by atoms with E-state index >= 15 is 0 Å². The Kier molecular flexibility index (Phi) is 4.65. The van der Waals surface area contributed by atoms with Crippen LogP contribution >= 0.6 is 0 Å². The van der Waals surface area contributed by atoms with Gasteiger partial charge in [0.1, 0.15) is 6.54 Å². The highest BCUT2D eigenvalue weighted by Gasteiger charge is 2.16. The van der Waals surface area contributed by atoms with Crippen LogP contribution in [0.25, 0.3) is 22.2 Å². The SMILES string of the molecule is Cc1ccc(NC(=O)Cn2nc(C)c3c(-c4ccc(C)cc4)ccnc32)cc1. The number of hydrogen-bond donors (Lipinski definition) is 1. The van der Waals surface area contributed by atoms with Gasteiger partial charge in [-0.25, -0.2) is 9.67 Å².